The molecule has 0 aliphatic carbocycles. The maximum atomic E-state index is 5.60. The minimum atomic E-state index is 0.304. The Hall–Kier alpha value is -2.14. The summed E-state index contributed by atoms with van der Waals surface area (Å²) in [7, 11) is 0. The smallest absolute Gasteiger partial charge is 0.131 e. The van der Waals surface area contributed by atoms with Crippen LogP contribution in [0.3, 0.4) is 0 Å². The van der Waals surface area contributed by atoms with E-state index in [1.165, 1.54) is 11.1 Å². The average Bonchev–Trinajstić information content (AvgIpc) is 3.06. The van der Waals surface area contributed by atoms with Gasteiger partial charge < -0.3 is 15.4 Å². The van der Waals surface area contributed by atoms with Gasteiger partial charge in [-0.3, -0.25) is 0 Å². The lowest BCUT2D eigenvalue weighted by atomic mass is 10.1. The van der Waals surface area contributed by atoms with E-state index in [2.05, 4.69) is 51.8 Å². The van der Waals surface area contributed by atoms with Crippen LogP contribution < -0.4 is 10.6 Å². The Labute approximate surface area is 131 Å². The zero-order valence-corrected chi connectivity index (χ0v) is 12.9. The first-order valence-corrected chi connectivity index (χ1v) is 7.77. The normalized spacial score (nSPS) is 17.4. The molecule has 0 saturated carbocycles. The van der Waals surface area contributed by atoms with Gasteiger partial charge in [0.05, 0.1) is 6.10 Å². The summed E-state index contributed by atoms with van der Waals surface area (Å²) in [5.41, 5.74) is 2.55. The van der Waals surface area contributed by atoms with Crippen LogP contribution in [0.5, 0.6) is 0 Å². The molecular weight excluding hydrogens is 276 g/mol. The fraction of sp³-hybridized carbons (Fsp3) is 0.412. The third kappa shape index (κ3) is 3.95. The predicted molar refractivity (Wildman–Crippen MR) is 88.0 cm³/mol. The highest BCUT2D eigenvalue weighted by Gasteiger charge is 2.15. The van der Waals surface area contributed by atoms with E-state index < -0.39 is 0 Å². The highest BCUT2D eigenvalue weighted by molar-refractivity contribution is 5.47. The molecule has 2 N–H and O–H groups in total. The molecule has 5 heteroatoms. The first kappa shape index (κ1) is 14.8. The van der Waals surface area contributed by atoms with Crippen molar-refractivity contribution in [1.29, 1.82) is 0 Å². The lowest BCUT2D eigenvalue weighted by Gasteiger charge is -2.12. The summed E-state index contributed by atoms with van der Waals surface area (Å²) in [6.07, 6.45) is 4.16. The predicted octanol–water partition coefficient (Wildman–Crippen LogP) is 2.99. The quantitative estimate of drug-likeness (QED) is 0.858. The molecule has 1 saturated heterocycles. The van der Waals surface area contributed by atoms with Gasteiger partial charge in [-0.2, -0.15) is 0 Å². The Morgan fingerprint density at radius 1 is 1.18 bits per heavy atom. The van der Waals surface area contributed by atoms with Gasteiger partial charge in [0.1, 0.15) is 18.0 Å². The summed E-state index contributed by atoms with van der Waals surface area (Å²) < 4.78 is 5.60. The molecule has 0 bridgehead atoms. The number of hydrogen-bond donors (Lipinski definition) is 2. The number of aromatic nitrogens is 2. The number of ether oxygens (including phenoxy) is 1. The molecule has 5 nitrogen and oxygen atoms in total. The zero-order chi connectivity index (χ0) is 15.2. The fourth-order valence-corrected chi connectivity index (χ4v) is 2.57. The standard InChI is InChI=1S/C17H22N4O/c1-13-5-2-3-6-14(13)10-18-16-9-17(21-12-20-16)19-11-15-7-4-8-22-15/h2-3,5-6,9,12,15H,4,7-8,10-11H2,1H3,(H2,18,19,20,21). The van der Waals surface area contributed by atoms with Gasteiger partial charge in [0, 0.05) is 25.8 Å². The third-order valence-electron chi connectivity index (χ3n) is 3.92. The first-order valence-electron chi connectivity index (χ1n) is 7.77. The van der Waals surface area contributed by atoms with E-state index in [1.807, 2.05) is 6.07 Å². The van der Waals surface area contributed by atoms with Crippen molar-refractivity contribution in [2.24, 2.45) is 0 Å². The zero-order valence-electron chi connectivity index (χ0n) is 12.9. The van der Waals surface area contributed by atoms with Gasteiger partial charge in [-0.1, -0.05) is 24.3 Å². The molecule has 0 radical (unpaired) electrons. The Balaban J connectivity index is 1.55. The molecule has 1 unspecified atom stereocenters. The minimum Gasteiger partial charge on any atom is -0.376 e. The number of aryl methyl sites for hydroxylation is 1. The van der Waals surface area contributed by atoms with E-state index >= 15 is 0 Å². The molecule has 2 aromatic rings. The lowest BCUT2D eigenvalue weighted by Crippen LogP contribution is -2.19. The molecule has 1 aromatic heterocycles. The number of nitrogens with zero attached hydrogens (tertiary/aromatic N) is 2. The van der Waals surface area contributed by atoms with Crippen LogP contribution in [-0.2, 0) is 11.3 Å². The van der Waals surface area contributed by atoms with E-state index in [0.717, 1.165) is 44.2 Å². The summed E-state index contributed by atoms with van der Waals surface area (Å²) in [6, 6.07) is 10.3. The maximum Gasteiger partial charge on any atom is 0.131 e. The van der Waals surface area contributed by atoms with Crippen LogP contribution in [0.25, 0.3) is 0 Å². The van der Waals surface area contributed by atoms with Crippen molar-refractivity contribution in [3.8, 4) is 0 Å². The van der Waals surface area contributed by atoms with Crippen LogP contribution in [0.1, 0.15) is 24.0 Å². The third-order valence-corrected chi connectivity index (χ3v) is 3.92. The molecule has 1 aliphatic heterocycles. The number of nitrogens with one attached hydrogen (secondary N) is 2. The molecule has 22 heavy (non-hydrogen) atoms. The van der Waals surface area contributed by atoms with E-state index in [1.54, 1.807) is 6.33 Å². The number of rotatable bonds is 6. The molecule has 1 aliphatic rings. The minimum absolute atomic E-state index is 0.304. The van der Waals surface area contributed by atoms with Gasteiger partial charge in [0.25, 0.3) is 0 Å². The monoisotopic (exact) mass is 298 g/mol. The second-order valence-electron chi connectivity index (χ2n) is 5.58. The second kappa shape index (κ2) is 7.22. The Morgan fingerprint density at radius 2 is 2.00 bits per heavy atom. The summed E-state index contributed by atoms with van der Waals surface area (Å²) in [6.45, 7) is 4.55. The van der Waals surface area contributed by atoms with Crippen molar-refractivity contribution in [2.75, 3.05) is 23.8 Å². The van der Waals surface area contributed by atoms with Crippen molar-refractivity contribution in [2.45, 2.75) is 32.4 Å². The van der Waals surface area contributed by atoms with Crippen molar-refractivity contribution >= 4 is 11.6 Å². The van der Waals surface area contributed by atoms with E-state index in [0.29, 0.717) is 6.10 Å². The number of hydrogen-bond acceptors (Lipinski definition) is 5. The van der Waals surface area contributed by atoms with Gasteiger partial charge in [-0.05, 0) is 30.9 Å². The molecular formula is C17H22N4O. The van der Waals surface area contributed by atoms with Crippen molar-refractivity contribution in [3.05, 3.63) is 47.8 Å². The van der Waals surface area contributed by atoms with Gasteiger partial charge >= 0.3 is 0 Å². The molecule has 116 valence electrons. The fourth-order valence-electron chi connectivity index (χ4n) is 2.57. The van der Waals surface area contributed by atoms with E-state index in [-0.39, 0.29) is 0 Å². The van der Waals surface area contributed by atoms with Crippen molar-refractivity contribution in [1.82, 2.24) is 9.97 Å². The van der Waals surface area contributed by atoms with Gasteiger partial charge in [0.15, 0.2) is 0 Å². The van der Waals surface area contributed by atoms with Crippen LogP contribution >= 0.6 is 0 Å². The molecule has 1 atom stereocenters. The molecule has 1 fully saturated rings. The lowest BCUT2D eigenvalue weighted by molar-refractivity contribution is 0.120. The summed E-state index contributed by atoms with van der Waals surface area (Å²) in [4.78, 5) is 8.53. The largest absolute Gasteiger partial charge is 0.376 e. The van der Waals surface area contributed by atoms with Crippen molar-refractivity contribution < 1.29 is 4.74 Å². The number of anilines is 2. The number of benzene rings is 1. The molecule has 0 spiro atoms. The summed E-state index contributed by atoms with van der Waals surface area (Å²) in [5, 5.41) is 6.67. The van der Waals surface area contributed by atoms with Crippen LogP contribution in [0.2, 0.25) is 0 Å². The SMILES string of the molecule is Cc1ccccc1CNc1cc(NCC2CCCO2)ncn1. The maximum absolute atomic E-state index is 5.60. The van der Waals surface area contributed by atoms with E-state index in [4.69, 9.17) is 4.74 Å². The highest BCUT2D eigenvalue weighted by Crippen LogP contribution is 2.15. The van der Waals surface area contributed by atoms with E-state index in [9.17, 15) is 0 Å². The van der Waals surface area contributed by atoms with Gasteiger partial charge in [-0.25, -0.2) is 9.97 Å². The Morgan fingerprint density at radius 3 is 2.77 bits per heavy atom. The first-order chi connectivity index (χ1) is 10.8. The van der Waals surface area contributed by atoms with Crippen LogP contribution in [-0.4, -0.2) is 29.2 Å². The average molecular weight is 298 g/mol. The molecule has 3 rings (SSSR count). The summed E-state index contributed by atoms with van der Waals surface area (Å²) >= 11 is 0. The van der Waals surface area contributed by atoms with Crippen molar-refractivity contribution in [3.63, 3.8) is 0 Å². The van der Waals surface area contributed by atoms with Crippen LogP contribution in [0.15, 0.2) is 36.7 Å². The molecule has 2 heterocycles. The van der Waals surface area contributed by atoms with Crippen LogP contribution in [0, 0.1) is 6.92 Å². The highest BCUT2D eigenvalue weighted by atomic mass is 16.5. The Kier molecular flexibility index (Phi) is 4.85. The van der Waals surface area contributed by atoms with Crippen LogP contribution in [0.4, 0.5) is 11.6 Å². The van der Waals surface area contributed by atoms with Gasteiger partial charge in [0.2, 0.25) is 0 Å². The summed E-state index contributed by atoms with van der Waals surface area (Å²) in [5.74, 6) is 1.66. The molecule has 0 amide bonds. The Bertz CT molecular complexity index is 611. The molecule has 1 aromatic carbocycles. The van der Waals surface area contributed by atoms with Gasteiger partial charge in [-0.15, -0.1) is 0 Å². The topological polar surface area (TPSA) is 59.1 Å². The second-order valence-corrected chi connectivity index (χ2v) is 5.58.